The van der Waals surface area contributed by atoms with E-state index in [0.717, 1.165) is 16.3 Å². The van der Waals surface area contributed by atoms with Crippen LogP contribution in [0, 0.1) is 0 Å². The summed E-state index contributed by atoms with van der Waals surface area (Å²) in [5.41, 5.74) is 7.35. The molecule has 0 fully saturated rings. The highest BCUT2D eigenvalue weighted by Crippen LogP contribution is 2.33. The van der Waals surface area contributed by atoms with E-state index in [2.05, 4.69) is 22.1 Å². The maximum absolute atomic E-state index is 6.18. The predicted octanol–water partition coefficient (Wildman–Crippen LogP) is 3.53. The third-order valence-corrected chi connectivity index (χ3v) is 3.23. The molecular weight excluding hydrogens is 246 g/mol. The molecule has 0 saturated carbocycles. The molecule has 0 atom stereocenters. The smallest absolute Gasteiger partial charge is 0.146 e. The van der Waals surface area contributed by atoms with Gasteiger partial charge < -0.3 is 5.73 Å². The van der Waals surface area contributed by atoms with Crippen molar-refractivity contribution >= 4 is 28.2 Å². The SMILES string of the molecule is Nc1ncnc(-c2cccc3ccccc23)c1Cl. The first kappa shape index (κ1) is 11.0. The van der Waals surface area contributed by atoms with Crippen molar-refractivity contribution in [1.82, 2.24) is 9.97 Å². The van der Waals surface area contributed by atoms with Crippen LogP contribution in [0.15, 0.2) is 48.8 Å². The summed E-state index contributed by atoms with van der Waals surface area (Å²) >= 11 is 6.18. The third-order valence-electron chi connectivity index (χ3n) is 2.86. The number of hydrogen-bond donors (Lipinski definition) is 1. The van der Waals surface area contributed by atoms with Gasteiger partial charge in [-0.1, -0.05) is 54.1 Å². The van der Waals surface area contributed by atoms with Gasteiger partial charge in [-0.25, -0.2) is 9.97 Å². The second kappa shape index (κ2) is 4.27. The third kappa shape index (κ3) is 1.69. The molecule has 1 heterocycles. The molecule has 0 aliphatic rings. The van der Waals surface area contributed by atoms with Crippen LogP contribution in [0.2, 0.25) is 5.02 Å². The zero-order valence-corrected chi connectivity index (χ0v) is 10.2. The fraction of sp³-hybridized carbons (Fsp3) is 0. The van der Waals surface area contributed by atoms with E-state index in [0.29, 0.717) is 16.5 Å². The molecule has 3 aromatic rings. The Bertz CT molecular complexity index is 720. The lowest BCUT2D eigenvalue weighted by molar-refractivity contribution is 1.18. The van der Waals surface area contributed by atoms with Gasteiger partial charge in [0, 0.05) is 5.56 Å². The quantitative estimate of drug-likeness (QED) is 0.724. The summed E-state index contributed by atoms with van der Waals surface area (Å²) in [4.78, 5) is 8.12. The van der Waals surface area contributed by atoms with Gasteiger partial charge in [-0.05, 0) is 10.8 Å². The summed E-state index contributed by atoms with van der Waals surface area (Å²) in [6.45, 7) is 0. The Balaban J connectivity index is 2.35. The number of nitrogens with zero attached hydrogens (tertiary/aromatic N) is 2. The number of anilines is 1. The molecule has 1 aromatic heterocycles. The van der Waals surface area contributed by atoms with Crippen molar-refractivity contribution in [2.24, 2.45) is 0 Å². The lowest BCUT2D eigenvalue weighted by Crippen LogP contribution is -1.95. The van der Waals surface area contributed by atoms with Gasteiger partial charge in [0.2, 0.25) is 0 Å². The predicted molar refractivity (Wildman–Crippen MR) is 74.4 cm³/mol. The van der Waals surface area contributed by atoms with Crippen LogP contribution in [-0.4, -0.2) is 9.97 Å². The summed E-state index contributed by atoms with van der Waals surface area (Å²) in [5, 5.41) is 2.64. The van der Waals surface area contributed by atoms with Gasteiger partial charge in [-0.2, -0.15) is 0 Å². The molecule has 88 valence electrons. The average molecular weight is 256 g/mol. The van der Waals surface area contributed by atoms with Gasteiger partial charge in [-0.15, -0.1) is 0 Å². The molecule has 18 heavy (non-hydrogen) atoms. The second-order valence-electron chi connectivity index (χ2n) is 3.95. The molecule has 0 radical (unpaired) electrons. The number of halogens is 1. The fourth-order valence-electron chi connectivity index (χ4n) is 2.00. The van der Waals surface area contributed by atoms with Crippen molar-refractivity contribution in [3.8, 4) is 11.3 Å². The Kier molecular flexibility index (Phi) is 2.61. The molecule has 3 nitrogen and oxygen atoms in total. The van der Waals surface area contributed by atoms with E-state index in [4.69, 9.17) is 17.3 Å². The van der Waals surface area contributed by atoms with Gasteiger partial charge in [0.25, 0.3) is 0 Å². The van der Waals surface area contributed by atoms with E-state index in [9.17, 15) is 0 Å². The van der Waals surface area contributed by atoms with Crippen molar-refractivity contribution in [3.63, 3.8) is 0 Å². The first-order chi connectivity index (χ1) is 8.77. The van der Waals surface area contributed by atoms with E-state index in [-0.39, 0.29) is 0 Å². The van der Waals surface area contributed by atoms with Crippen molar-refractivity contribution < 1.29 is 0 Å². The number of aromatic nitrogens is 2. The van der Waals surface area contributed by atoms with Crippen LogP contribution in [0.5, 0.6) is 0 Å². The van der Waals surface area contributed by atoms with E-state index >= 15 is 0 Å². The Morgan fingerprint density at radius 1 is 0.944 bits per heavy atom. The number of rotatable bonds is 1. The average Bonchev–Trinajstić information content (AvgIpc) is 2.41. The molecule has 0 aliphatic carbocycles. The minimum atomic E-state index is 0.301. The monoisotopic (exact) mass is 255 g/mol. The molecule has 0 saturated heterocycles. The van der Waals surface area contributed by atoms with Crippen LogP contribution in [0.25, 0.3) is 22.0 Å². The Morgan fingerprint density at radius 3 is 2.61 bits per heavy atom. The van der Waals surface area contributed by atoms with Crippen LogP contribution in [0.4, 0.5) is 5.82 Å². The van der Waals surface area contributed by atoms with Crippen LogP contribution in [0.3, 0.4) is 0 Å². The maximum Gasteiger partial charge on any atom is 0.146 e. The van der Waals surface area contributed by atoms with Crippen molar-refractivity contribution in [2.45, 2.75) is 0 Å². The topological polar surface area (TPSA) is 51.8 Å². The second-order valence-corrected chi connectivity index (χ2v) is 4.33. The van der Waals surface area contributed by atoms with E-state index in [1.807, 2.05) is 30.3 Å². The minimum Gasteiger partial charge on any atom is -0.382 e. The van der Waals surface area contributed by atoms with Crippen LogP contribution in [-0.2, 0) is 0 Å². The zero-order valence-electron chi connectivity index (χ0n) is 9.47. The molecule has 0 amide bonds. The molecule has 4 heteroatoms. The van der Waals surface area contributed by atoms with E-state index < -0.39 is 0 Å². The van der Waals surface area contributed by atoms with Gasteiger partial charge in [-0.3, -0.25) is 0 Å². The lowest BCUT2D eigenvalue weighted by atomic mass is 10.0. The summed E-state index contributed by atoms with van der Waals surface area (Å²) in [5.74, 6) is 0.301. The Labute approximate surface area is 109 Å². The number of nitrogen functional groups attached to an aromatic ring is 1. The molecule has 2 N–H and O–H groups in total. The number of benzene rings is 2. The number of hydrogen-bond acceptors (Lipinski definition) is 3. The van der Waals surface area contributed by atoms with Gasteiger partial charge in [0.05, 0.1) is 5.69 Å². The number of fused-ring (bicyclic) bond motifs is 1. The molecule has 2 aromatic carbocycles. The van der Waals surface area contributed by atoms with E-state index in [1.54, 1.807) is 0 Å². The first-order valence-electron chi connectivity index (χ1n) is 5.51. The summed E-state index contributed by atoms with van der Waals surface area (Å²) in [6.07, 6.45) is 1.43. The zero-order chi connectivity index (χ0) is 12.5. The van der Waals surface area contributed by atoms with Crippen molar-refractivity contribution in [3.05, 3.63) is 53.8 Å². The standard InChI is InChI=1S/C14H10ClN3/c15-12-13(17-8-18-14(12)16)11-7-3-5-9-4-1-2-6-10(9)11/h1-8H,(H2,16,17,18). The van der Waals surface area contributed by atoms with E-state index in [1.165, 1.54) is 6.33 Å². The lowest BCUT2D eigenvalue weighted by Gasteiger charge is -2.08. The molecular formula is C14H10ClN3. The van der Waals surface area contributed by atoms with Crippen molar-refractivity contribution in [1.29, 1.82) is 0 Å². The van der Waals surface area contributed by atoms with Crippen LogP contribution >= 0.6 is 11.6 Å². The number of nitrogens with two attached hydrogens (primary N) is 1. The van der Waals surface area contributed by atoms with Gasteiger partial charge in [0.15, 0.2) is 0 Å². The Hall–Kier alpha value is -2.13. The van der Waals surface area contributed by atoms with Crippen molar-refractivity contribution in [2.75, 3.05) is 5.73 Å². The van der Waals surface area contributed by atoms with Gasteiger partial charge >= 0.3 is 0 Å². The Morgan fingerprint density at radius 2 is 1.72 bits per heavy atom. The summed E-state index contributed by atoms with van der Waals surface area (Å²) in [6, 6.07) is 14.1. The highest BCUT2D eigenvalue weighted by molar-refractivity contribution is 6.35. The molecule has 0 unspecified atom stereocenters. The van der Waals surface area contributed by atoms with Crippen LogP contribution in [0.1, 0.15) is 0 Å². The molecule has 0 aliphatic heterocycles. The molecule has 0 spiro atoms. The highest BCUT2D eigenvalue weighted by atomic mass is 35.5. The fourth-order valence-corrected chi connectivity index (χ4v) is 2.20. The summed E-state index contributed by atoms with van der Waals surface area (Å²) < 4.78 is 0. The largest absolute Gasteiger partial charge is 0.382 e. The molecule has 3 rings (SSSR count). The maximum atomic E-state index is 6.18. The highest BCUT2D eigenvalue weighted by Gasteiger charge is 2.11. The normalized spacial score (nSPS) is 10.7. The molecule has 0 bridgehead atoms. The first-order valence-corrected chi connectivity index (χ1v) is 5.89. The van der Waals surface area contributed by atoms with Gasteiger partial charge in [0.1, 0.15) is 17.2 Å². The van der Waals surface area contributed by atoms with Crippen LogP contribution < -0.4 is 5.73 Å². The minimum absolute atomic E-state index is 0.301. The summed E-state index contributed by atoms with van der Waals surface area (Å²) in [7, 11) is 0.